The first-order valence-corrected chi connectivity index (χ1v) is 7.18. The van der Waals surface area contributed by atoms with Crippen molar-refractivity contribution >= 4 is 18.3 Å². The van der Waals surface area contributed by atoms with E-state index in [4.69, 9.17) is 11.6 Å². The fourth-order valence-electron chi connectivity index (χ4n) is 3.49. The molecule has 0 atom stereocenters. The highest BCUT2D eigenvalue weighted by molar-refractivity contribution is 6.67. The Labute approximate surface area is 99.5 Å². The van der Waals surface area contributed by atoms with Crippen LogP contribution in [-0.2, 0) is 0 Å². The fraction of sp³-hybridized carbons (Fsp3) is 0.846. The summed E-state index contributed by atoms with van der Waals surface area (Å²) in [7, 11) is 0. The molecule has 0 aromatic heterocycles. The Balaban J connectivity index is 1.86. The van der Waals surface area contributed by atoms with Crippen molar-refractivity contribution in [1.82, 2.24) is 0 Å². The quantitative estimate of drug-likeness (QED) is 0.369. The zero-order valence-corrected chi connectivity index (χ0v) is 10.4. The van der Waals surface area contributed by atoms with Crippen molar-refractivity contribution < 1.29 is 0 Å². The first kappa shape index (κ1) is 11.6. The second-order valence-electron chi connectivity index (χ2n) is 5.22. The second kappa shape index (κ2) is 5.99. The minimum atomic E-state index is 0.807. The molecule has 15 heavy (non-hydrogen) atoms. The smallest absolute Gasteiger partial charge is 0.127 e. The van der Waals surface area contributed by atoms with E-state index in [0.29, 0.717) is 0 Å². The number of alkyl halides is 1. The van der Waals surface area contributed by atoms with Crippen LogP contribution in [0.4, 0.5) is 0 Å². The van der Waals surface area contributed by atoms with Gasteiger partial charge in [-0.3, -0.25) is 0 Å². The Morgan fingerprint density at radius 1 is 1.07 bits per heavy atom. The summed E-state index contributed by atoms with van der Waals surface area (Å²) in [6.07, 6.45) is 13.6. The SMILES string of the molecule is ClCCC/C=C/B1C2CCCC1CCC2. The monoisotopic (exact) mass is 224 g/mol. The number of rotatable bonds is 4. The average molecular weight is 225 g/mol. The highest BCUT2D eigenvalue weighted by atomic mass is 35.5. The van der Waals surface area contributed by atoms with Crippen LogP contribution in [0, 0.1) is 0 Å². The number of halogens is 1. The Morgan fingerprint density at radius 2 is 1.67 bits per heavy atom. The number of fused-ring (bicyclic) bond motifs is 2. The molecular weight excluding hydrogens is 202 g/mol. The maximum Gasteiger partial charge on any atom is 0.172 e. The van der Waals surface area contributed by atoms with Crippen LogP contribution in [0.15, 0.2) is 12.1 Å². The van der Waals surface area contributed by atoms with Gasteiger partial charge in [-0.2, -0.15) is 0 Å². The Morgan fingerprint density at radius 3 is 2.20 bits per heavy atom. The van der Waals surface area contributed by atoms with Crippen molar-refractivity contribution in [3.05, 3.63) is 12.1 Å². The van der Waals surface area contributed by atoms with Crippen molar-refractivity contribution in [1.29, 1.82) is 0 Å². The van der Waals surface area contributed by atoms with Crippen molar-refractivity contribution in [3.63, 3.8) is 0 Å². The van der Waals surface area contributed by atoms with Gasteiger partial charge in [0.1, 0.15) is 0 Å². The molecule has 2 aliphatic heterocycles. The van der Waals surface area contributed by atoms with E-state index in [-0.39, 0.29) is 0 Å². The first-order valence-electron chi connectivity index (χ1n) is 6.64. The van der Waals surface area contributed by atoms with E-state index in [1.807, 2.05) is 0 Å². The summed E-state index contributed by atoms with van der Waals surface area (Å²) in [5.41, 5.74) is 0. The van der Waals surface area contributed by atoms with E-state index >= 15 is 0 Å². The molecule has 0 spiro atoms. The third kappa shape index (κ3) is 3.03. The van der Waals surface area contributed by atoms with Crippen LogP contribution >= 0.6 is 11.6 Å². The maximum absolute atomic E-state index is 5.68. The molecule has 2 heterocycles. The molecule has 0 amide bonds. The lowest BCUT2D eigenvalue weighted by atomic mass is 9.27. The van der Waals surface area contributed by atoms with Crippen LogP contribution in [0.1, 0.15) is 51.4 Å². The average Bonchev–Trinajstić information content (AvgIpc) is 2.24. The lowest BCUT2D eigenvalue weighted by Gasteiger charge is -2.39. The molecule has 2 saturated heterocycles. The van der Waals surface area contributed by atoms with Crippen molar-refractivity contribution in [2.75, 3.05) is 5.88 Å². The summed E-state index contributed by atoms with van der Waals surface area (Å²) in [6, 6.07) is 0. The maximum atomic E-state index is 5.68. The second-order valence-corrected chi connectivity index (χ2v) is 5.60. The molecule has 2 aliphatic rings. The van der Waals surface area contributed by atoms with Crippen LogP contribution in [0.2, 0.25) is 11.6 Å². The normalized spacial score (nSPS) is 31.1. The first-order chi connectivity index (χ1) is 7.42. The zero-order valence-electron chi connectivity index (χ0n) is 9.63. The molecule has 0 aromatic rings. The van der Waals surface area contributed by atoms with Gasteiger partial charge in [-0.1, -0.05) is 56.2 Å². The number of allylic oxidation sites excluding steroid dienone is 1. The van der Waals surface area contributed by atoms with Crippen LogP contribution in [-0.4, -0.2) is 12.6 Å². The van der Waals surface area contributed by atoms with Gasteiger partial charge < -0.3 is 0 Å². The van der Waals surface area contributed by atoms with E-state index in [0.717, 1.165) is 30.6 Å². The van der Waals surface area contributed by atoms with E-state index in [1.165, 1.54) is 44.9 Å². The molecule has 0 unspecified atom stereocenters. The summed E-state index contributed by atoms with van der Waals surface area (Å²) in [4.78, 5) is 0. The van der Waals surface area contributed by atoms with Gasteiger partial charge in [0.05, 0.1) is 0 Å². The van der Waals surface area contributed by atoms with Gasteiger partial charge in [-0.25, -0.2) is 0 Å². The summed E-state index contributed by atoms with van der Waals surface area (Å²) in [5.74, 6) is 5.37. The molecule has 2 heteroatoms. The molecule has 0 radical (unpaired) electrons. The number of hydrogen-bond acceptors (Lipinski definition) is 0. The molecule has 2 fully saturated rings. The van der Waals surface area contributed by atoms with E-state index in [9.17, 15) is 0 Å². The lowest BCUT2D eigenvalue weighted by molar-refractivity contribution is 0.447. The summed E-state index contributed by atoms with van der Waals surface area (Å²) < 4.78 is 0. The minimum absolute atomic E-state index is 0.807. The Hall–Kier alpha value is 0.0949. The molecule has 0 nitrogen and oxygen atoms in total. The molecule has 84 valence electrons. The number of hydrogen-bond donors (Lipinski definition) is 0. The van der Waals surface area contributed by atoms with Crippen LogP contribution in [0.25, 0.3) is 0 Å². The topological polar surface area (TPSA) is 0 Å². The lowest BCUT2D eigenvalue weighted by Crippen LogP contribution is -2.32. The summed E-state index contributed by atoms with van der Waals surface area (Å²) in [6.45, 7) is 0.919. The van der Waals surface area contributed by atoms with Crippen LogP contribution in [0.3, 0.4) is 0 Å². The predicted molar refractivity (Wildman–Crippen MR) is 70.1 cm³/mol. The van der Waals surface area contributed by atoms with Crippen molar-refractivity contribution in [2.24, 2.45) is 0 Å². The van der Waals surface area contributed by atoms with Gasteiger partial charge >= 0.3 is 0 Å². The molecule has 0 aliphatic carbocycles. The van der Waals surface area contributed by atoms with Gasteiger partial charge in [0.15, 0.2) is 6.71 Å². The Kier molecular flexibility index (Phi) is 4.62. The number of unbranched alkanes of at least 4 members (excludes halogenated alkanes) is 1. The van der Waals surface area contributed by atoms with E-state index < -0.39 is 0 Å². The van der Waals surface area contributed by atoms with E-state index in [1.54, 1.807) is 0 Å². The van der Waals surface area contributed by atoms with E-state index in [2.05, 4.69) is 12.1 Å². The predicted octanol–water partition coefficient (Wildman–Crippen LogP) is 4.70. The minimum Gasteiger partial charge on any atom is -0.127 e. The summed E-state index contributed by atoms with van der Waals surface area (Å²) >= 11 is 5.68. The van der Waals surface area contributed by atoms with Crippen molar-refractivity contribution in [2.45, 2.75) is 63.0 Å². The van der Waals surface area contributed by atoms with Gasteiger partial charge in [0.2, 0.25) is 0 Å². The molecule has 0 N–H and O–H groups in total. The third-order valence-electron chi connectivity index (χ3n) is 4.25. The van der Waals surface area contributed by atoms with Gasteiger partial charge in [-0.15, -0.1) is 17.6 Å². The van der Waals surface area contributed by atoms with Crippen LogP contribution < -0.4 is 0 Å². The molecule has 2 rings (SSSR count). The van der Waals surface area contributed by atoms with Gasteiger partial charge in [0.25, 0.3) is 0 Å². The summed E-state index contributed by atoms with van der Waals surface area (Å²) in [5, 5.41) is 0. The molecule has 0 aromatic carbocycles. The Bertz CT molecular complexity index is 193. The standard InChI is InChI=1S/C13H22BCl/c15-11-3-1-2-10-14-12-6-4-7-13(14)9-5-8-12/h2,10,12-13H,1,3-9,11H2/b10-2+. The molecular formula is C13H22BCl. The third-order valence-corrected chi connectivity index (χ3v) is 4.52. The highest BCUT2D eigenvalue weighted by Crippen LogP contribution is 2.46. The highest BCUT2D eigenvalue weighted by Gasteiger charge is 2.36. The van der Waals surface area contributed by atoms with Gasteiger partial charge in [0, 0.05) is 5.88 Å². The van der Waals surface area contributed by atoms with Crippen molar-refractivity contribution in [3.8, 4) is 0 Å². The largest absolute Gasteiger partial charge is 0.172 e. The molecule has 0 saturated carbocycles. The zero-order chi connectivity index (χ0) is 10.5. The molecule has 2 bridgehead atoms. The van der Waals surface area contributed by atoms with Crippen LogP contribution in [0.5, 0.6) is 0 Å². The fourth-order valence-corrected chi connectivity index (χ4v) is 3.64. The van der Waals surface area contributed by atoms with Gasteiger partial charge in [-0.05, 0) is 12.8 Å².